The third-order valence-corrected chi connectivity index (χ3v) is 5.41. The van der Waals surface area contributed by atoms with Gasteiger partial charge in [0.05, 0.1) is 6.61 Å². The van der Waals surface area contributed by atoms with Crippen LogP contribution in [0.2, 0.25) is 0 Å². The minimum atomic E-state index is -0.319. The van der Waals surface area contributed by atoms with Crippen molar-refractivity contribution in [2.24, 2.45) is 5.92 Å². The monoisotopic (exact) mass is 409 g/mol. The van der Waals surface area contributed by atoms with Gasteiger partial charge in [0.2, 0.25) is 0 Å². The molecule has 2 rings (SSSR count). The van der Waals surface area contributed by atoms with Crippen LogP contribution in [0, 0.1) is 5.92 Å². The zero-order valence-electron chi connectivity index (χ0n) is 18.9. The number of allylic oxidation sites excluding steroid dienone is 1. The van der Waals surface area contributed by atoms with Gasteiger partial charge in [0.15, 0.2) is 0 Å². The van der Waals surface area contributed by atoms with E-state index in [9.17, 15) is 4.79 Å². The van der Waals surface area contributed by atoms with Crippen molar-refractivity contribution in [1.82, 2.24) is 0 Å². The maximum Gasteiger partial charge on any atom is 0.328 e. The molecule has 1 N–H and O–H groups in total. The Morgan fingerprint density at radius 3 is 2.37 bits per heavy atom. The van der Waals surface area contributed by atoms with E-state index >= 15 is 0 Å². The van der Waals surface area contributed by atoms with E-state index < -0.39 is 0 Å². The van der Waals surface area contributed by atoms with Gasteiger partial charge in [-0.05, 0) is 43.1 Å². The molecule has 1 atom stereocenters. The molecule has 3 nitrogen and oxygen atoms in total. The number of fused-ring (bicyclic) bond motifs is 1. The van der Waals surface area contributed by atoms with Crippen molar-refractivity contribution in [1.29, 1.82) is 0 Å². The van der Waals surface area contributed by atoms with Crippen molar-refractivity contribution < 1.29 is 9.53 Å². The first-order valence-electron chi connectivity index (χ1n) is 11.6. The van der Waals surface area contributed by atoms with Gasteiger partial charge in [-0.1, -0.05) is 88.4 Å². The molecule has 0 heterocycles. The summed E-state index contributed by atoms with van der Waals surface area (Å²) in [5, 5.41) is 5.76. The van der Waals surface area contributed by atoms with Gasteiger partial charge in [-0.25, -0.2) is 4.79 Å². The summed E-state index contributed by atoms with van der Waals surface area (Å²) in [6.07, 6.45) is 12.3. The SMILES string of the molecule is C=CCCCCCCCCCOC(=O)[C@H](CC(C)C)Nc1cccc2ccccc12. The molecule has 3 heteroatoms. The molecule has 164 valence electrons. The van der Waals surface area contributed by atoms with Crippen LogP contribution in [0.1, 0.15) is 71.6 Å². The Morgan fingerprint density at radius 2 is 1.63 bits per heavy atom. The molecule has 0 aliphatic carbocycles. The minimum absolute atomic E-state index is 0.138. The van der Waals surface area contributed by atoms with E-state index in [4.69, 9.17) is 4.74 Å². The number of hydrogen-bond donors (Lipinski definition) is 1. The molecule has 0 bridgehead atoms. The highest BCUT2D eigenvalue weighted by Crippen LogP contribution is 2.25. The average molecular weight is 410 g/mol. The average Bonchev–Trinajstić information content (AvgIpc) is 2.74. The number of hydrogen-bond acceptors (Lipinski definition) is 3. The lowest BCUT2D eigenvalue weighted by atomic mass is 10.0. The van der Waals surface area contributed by atoms with E-state index in [0.717, 1.165) is 36.8 Å². The van der Waals surface area contributed by atoms with Gasteiger partial charge >= 0.3 is 5.97 Å². The van der Waals surface area contributed by atoms with Crippen molar-refractivity contribution in [2.75, 3.05) is 11.9 Å². The Balaban J connectivity index is 1.78. The number of esters is 1. The predicted octanol–water partition coefficient (Wildman–Crippen LogP) is 7.52. The smallest absolute Gasteiger partial charge is 0.328 e. The molecule has 0 saturated heterocycles. The molecular formula is C27H39NO2. The summed E-state index contributed by atoms with van der Waals surface area (Å²) >= 11 is 0. The summed E-state index contributed by atoms with van der Waals surface area (Å²) in [6.45, 7) is 8.55. The number of carbonyl (C=O) groups is 1. The highest BCUT2D eigenvalue weighted by Gasteiger charge is 2.21. The number of carbonyl (C=O) groups excluding carboxylic acids is 1. The number of anilines is 1. The summed E-state index contributed by atoms with van der Waals surface area (Å²) in [5.74, 6) is 0.271. The number of nitrogens with one attached hydrogen (secondary N) is 1. The summed E-state index contributed by atoms with van der Waals surface area (Å²) in [6, 6.07) is 14.1. The minimum Gasteiger partial charge on any atom is -0.464 e. The number of benzene rings is 2. The van der Waals surface area contributed by atoms with E-state index in [0.29, 0.717) is 12.5 Å². The fourth-order valence-corrected chi connectivity index (χ4v) is 3.77. The second kappa shape index (κ2) is 13.8. The fraction of sp³-hybridized carbons (Fsp3) is 0.519. The van der Waals surface area contributed by atoms with Crippen molar-refractivity contribution in [3.8, 4) is 0 Å². The predicted molar refractivity (Wildman–Crippen MR) is 129 cm³/mol. The van der Waals surface area contributed by atoms with E-state index in [-0.39, 0.29) is 12.0 Å². The van der Waals surface area contributed by atoms with Crippen molar-refractivity contribution in [3.63, 3.8) is 0 Å². The van der Waals surface area contributed by atoms with Gasteiger partial charge in [0.25, 0.3) is 0 Å². The fourth-order valence-electron chi connectivity index (χ4n) is 3.77. The van der Waals surface area contributed by atoms with Crippen LogP contribution in [-0.4, -0.2) is 18.6 Å². The Kier molecular flexibility index (Phi) is 11.1. The van der Waals surface area contributed by atoms with Gasteiger partial charge in [-0.3, -0.25) is 0 Å². The van der Waals surface area contributed by atoms with Crippen LogP contribution in [0.4, 0.5) is 5.69 Å². The molecule has 0 unspecified atom stereocenters. The normalized spacial score (nSPS) is 12.1. The van der Waals surface area contributed by atoms with E-state index in [1.807, 2.05) is 30.3 Å². The Labute approximate surface area is 182 Å². The second-order valence-electron chi connectivity index (χ2n) is 8.57. The molecule has 0 aliphatic rings. The summed E-state index contributed by atoms with van der Waals surface area (Å²) in [7, 11) is 0. The first-order chi connectivity index (χ1) is 14.6. The maximum atomic E-state index is 12.8. The Hall–Kier alpha value is -2.29. The van der Waals surface area contributed by atoms with E-state index in [1.54, 1.807) is 0 Å². The summed E-state index contributed by atoms with van der Waals surface area (Å²) < 4.78 is 5.64. The largest absolute Gasteiger partial charge is 0.464 e. The van der Waals surface area contributed by atoms with Crippen molar-refractivity contribution in [2.45, 2.75) is 77.7 Å². The number of ether oxygens (including phenoxy) is 1. The van der Waals surface area contributed by atoms with Gasteiger partial charge in [-0.15, -0.1) is 6.58 Å². The van der Waals surface area contributed by atoms with Gasteiger partial charge < -0.3 is 10.1 Å². The third-order valence-electron chi connectivity index (χ3n) is 5.41. The molecule has 0 aromatic heterocycles. The zero-order chi connectivity index (χ0) is 21.6. The molecule has 0 amide bonds. The molecule has 0 aliphatic heterocycles. The van der Waals surface area contributed by atoms with Gasteiger partial charge in [-0.2, -0.15) is 0 Å². The van der Waals surface area contributed by atoms with Crippen LogP contribution in [0.3, 0.4) is 0 Å². The zero-order valence-corrected chi connectivity index (χ0v) is 18.9. The lowest BCUT2D eigenvalue weighted by molar-refractivity contribution is -0.145. The lowest BCUT2D eigenvalue weighted by Gasteiger charge is -2.21. The molecule has 0 radical (unpaired) electrons. The maximum absolute atomic E-state index is 12.8. The lowest BCUT2D eigenvalue weighted by Crippen LogP contribution is -2.33. The number of rotatable bonds is 15. The van der Waals surface area contributed by atoms with Crippen molar-refractivity contribution in [3.05, 3.63) is 55.1 Å². The summed E-state index contributed by atoms with van der Waals surface area (Å²) in [5.41, 5.74) is 0.993. The molecule has 2 aromatic rings. The molecule has 30 heavy (non-hydrogen) atoms. The first kappa shape index (κ1) is 24.0. The standard InChI is InChI=1S/C27H39NO2/c1-4-5-6-7-8-9-10-11-14-20-30-27(29)26(21-22(2)3)28-25-19-15-17-23-16-12-13-18-24(23)25/h4,12-13,15-19,22,26,28H,1,5-11,14,20-21H2,2-3H3/t26-/m0/s1. The Bertz CT molecular complexity index is 763. The van der Waals surface area contributed by atoms with Crippen molar-refractivity contribution >= 4 is 22.4 Å². The first-order valence-corrected chi connectivity index (χ1v) is 11.6. The van der Waals surface area contributed by atoms with E-state index in [2.05, 4.69) is 43.9 Å². The summed E-state index contributed by atoms with van der Waals surface area (Å²) in [4.78, 5) is 12.8. The van der Waals surface area contributed by atoms with Crippen LogP contribution in [-0.2, 0) is 9.53 Å². The molecule has 2 aromatic carbocycles. The van der Waals surface area contributed by atoms with Crippen LogP contribution in [0.5, 0.6) is 0 Å². The van der Waals surface area contributed by atoms with Crippen LogP contribution >= 0.6 is 0 Å². The van der Waals surface area contributed by atoms with Crippen LogP contribution in [0.25, 0.3) is 10.8 Å². The number of unbranched alkanes of at least 4 members (excludes halogenated alkanes) is 7. The van der Waals surface area contributed by atoms with Crippen LogP contribution < -0.4 is 5.32 Å². The van der Waals surface area contributed by atoms with Gasteiger partial charge in [0.1, 0.15) is 6.04 Å². The van der Waals surface area contributed by atoms with Crippen LogP contribution in [0.15, 0.2) is 55.1 Å². The topological polar surface area (TPSA) is 38.3 Å². The quantitative estimate of drug-likeness (QED) is 0.188. The molecule has 0 saturated carbocycles. The molecule has 0 spiro atoms. The molecule has 0 fully saturated rings. The highest BCUT2D eigenvalue weighted by atomic mass is 16.5. The second-order valence-corrected chi connectivity index (χ2v) is 8.57. The van der Waals surface area contributed by atoms with Gasteiger partial charge in [0, 0.05) is 11.1 Å². The van der Waals surface area contributed by atoms with E-state index in [1.165, 1.54) is 37.5 Å². The third kappa shape index (κ3) is 8.61. The molecular weight excluding hydrogens is 370 g/mol. The highest BCUT2D eigenvalue weighted by molar-refractivity contribution is 5.95. The Morgan fingerprint density at radius 1 is 0.967 bits per heavy atom.